The highest BCUT2D eigenvalue weighted by atomic mass is 19.1. The number of H-pyrrole nitrogens is 1. The fourth-order valence-electron chi connectivity index (χ4n) is 1.67. The number of rotatable bonds is 4. The van der Waals surface area contributed by atoms with E-state index in [1.54, 1.807) is 12.1 Å². The molecule has 1 aromatic carbocycles. The van der Waals surface area contributed by atoms with Gasteiger partial charge in [0.05, 0.1) is 13.5 Å². The van der Waals surface area contributed by atoms with Crippen molar-refractivity contribution in [2.75, 3.05) is 12.4 Å². The molecule has 2 rings (SSSR count). The van der Waals surface area contributed by atoms with E-state index in [9.17, 15) is 9.18 Å². The second-order valence-corrected chi connectivity index (χ2v) is 4.13. The number of benzene rings is 1. The van der Waals surface area contributed by atoms with Crippen molar-refractivity contribution in [3.8, 4) is 5.75 Å². The number of nitrogens with zero attached hydrogens (tertiary/aromatic N) is 1. The molecule has 0 atom stereocenters. The molecular formula is C13H14FN3O2. The van der Waals surface area contributed by atoms with Crippen molar-refractivity contribution in [2.45, 2.75) is 13.3 Å². The zero-order chi connectivity index (χ0) is 13.8. The summed E-state index contributed by atoms with van der Waals surface area (Å²) in [6.45, 7) is 1.83. The minimum Gasteiger partial charge on any atom is -0.494 e. The zero-order valence-electron chi connectivity index (χ0n) is 10.7. The maximum absolute atomic E-state index is 13.5. The highest BCUT2D eigenvalue weighted by Gasteiger charge is 2.09. The number of halogens is 1. The first-order chi connectivity index (χ1) is 9.08. The van der Waals surface area contributed by atoms with Gasteiger partial charge < -0.3 is 10.1 Å². The molecule has 2 N–H and O–H groups in total. The van der Waals surface area contributed by atoms with Crippen LogP contribution in [0.5, 0.6) is 5.75 Å². The Morgan fingerprint density at radius 1 is 1.47 bits per heavy atom. The van der Waals surface area contributed by atoms with Crippen LogP contribution in [0, 0.1) is 12.7 Å². The number of methoxy groups -OCH3 is 1. The molecule has 1 amide bonds. The molecule has 0 bridgehead atoms. The van der Waals surface area contributed by atoms with Gasteiger partial charge in [-0.15, -0.1) is 0 Å². The number of aryl methyl sites for hydroxylation is 1. The number of aromatic nitrogens is 2. The van der Waals surface area contributed by atoms with Gasteiger partial charge in [-0.1, -0.05) is 6.07 Å². The molecule has 0 spiro atoms. The van der Waals surface area contributed by atoms with E-state index in [2.05, 4.69) is 15.5 Å². The van der Waals surface area contributed by atoms with Gasteiger partial charge in [-0.2, -0.15) is 5.10 Å². The van der Waals surface area contributed by atoms with Gasteiger partial charge in [0, 0.05) is 11.8 Å². The molecule has 0 aliphatic rings. The molecular weight excluding hydrogens is 249 g/mol. The monoisotopic (exact) mass is 263 g/mol. The van der Waals surface area contributed by atoms with Crippen molar-refractivity contribution in [3.05, 3.63) is 41.3 Å². The van der Waals surface area contributed by atoms with E-state index in [1.807, 2.05) is 6.92 Å². The maximum Gasteiger partial charge on any atom is 0.229 e. The lowest BCUT2D eigenvalue weighted by Crippen LogP contribution is -2.14. The molecule has 0 aliphatic heterocycles. The lowest BCUT2D eigenvalue weighted by atomic mass is 10.1. The van der Waals surface area contributed by atoms with Gasteiger partial charge in [0.1, 0.15) is 0 Å². The standard InChI is InChI=1S/C13H14FN3O2/c1-8-5-12(17-16-8)15-13(18)7-9-3-4-11(19-2)10(14)6-9/h3-6H,7H2,1-2H3,(H2,15,16,17,18). The van der Waals surface area contributed by atoms with E-state index in [1.165, 1.54) is 19.2 Å². The molecule has 0 saturated heterocycles. The van der Waals surface area contributed by atoms with Crippen LogP contribution in [0.25, 0.3) is 0 Å². The van der Waals surface area contributed by atoms with E-state index in [-0.39, 0.29) is 18.1 Å². The zero-order valence-corrected chi connectivity index (χ0v) is 10.7. The highest BCUT2D eigenvalue weighted by Crippen LogP contribution is 2.18. The summed E-state index contributed by atoms with van der Waals surface area (Å²) < 4.78 is 18.3. The first kappa shape index (κ1) is 13.1. The van der Waals surface area contributed by atoms with Crippen LogP contribution in [-0.2, 0) is 11.2 Å². The lowest BCUT2D eigenvalue weighted by molar-refractivity contribution is -0.115. The molecule has 100 valence electrons. The largest absolute Gasteiger partial charge is 0.494 e. The molecule has 0 fully saturated rings. The van der Waals surface area contributed by atoms with E-state index in [0.717, 1.165) is 5.69 Å². The molecule has 0 radical (unpaired) electrons. The number of ether oxygens (including phenoxy) is 1. The van der Waals surface area contributed by atoms with Gasteiger partial charge in [0.25, 0.3) is 0 Å². The molecule has 0 aliphatic carbocycles. The fourth-order valence-corrected chi connectivity index (χ4v) is 1.67. The highest BCUT2D eigenvalue weighted by molar-refractivity contribution is 5.91. The Morgan fingerprint density at radius 2 is 2.26 bits per heavy atom. The summed E-state index contributed by atoms with van der Waals surface area (Å²) in [7, 11) is 1.39. The maximum atomic E-state index is 13.5. The van der Waals surface area contributed by atoms with Gasteiger partial charge in [0.2, 0.25) is 5.91 Å². The minimum atomic E-state index is -0.483. The number of hydrogen-bond donors (Lipinski definition) is 2. The quantitative estimate of drug-likeness (QED) is 0.887. The second kappa shape index (κ2) is 5.51. The predicted molar refractivity (Wildman–Crippen MR) is 68.6 cm³/mol. The van der Waals surface area contributed by atoms with Crippen LogP contribution in [0.3, 0.4) is 0 Å². The van der Waals surface area contributed by atoms with Gasteiger partial charge in [0.15, 0.2) is 17.4 Å². The average molecular weight is 263 g/mol. The van der Waals surface area contributed by atoms with E-state index >= 15 is 0 Å². The first-order valence-corrected chi connectivity index (χ1v) is 5.73. The third kappa shape index (κ3) is 3.31. The Hall–Kier alpha value is -2.37. The molecule has 0 unspecified atom stereocenters. The summed E-state index contributed by atoms with van der Waals surface area (Å²) in [5.74, 6) is -0.122. The Kier molecular flexibility index (Phi) is 3.79. The lowest BCUT2D eigenvalue weighted by Gasteiger charge is -2.05. The number of anilines is 1. The number of amides is 1. The molecule has 5 nitrogen and oxygen atoms in total. The van der Waals surface area contributed by atoms with Crippen molar-refractivity contribution in [1.82, 2.24) is 10.2 Å². The molecule has 0 saturated carbocycles. The Morgan fingerprint density at radius 3 is 2.84 bits per heavy atom. The Labute approximate surface area is 109 Å². The smallest absolute Gasteiger partial charge is 0.229 e. The Bertz CT molecular complexity index is 595. The topological polar surface area (TPSA) is 67.0 Å². The van der Waals surface area contributed by atoms with Crippen LogP contribution in [-0.4, -0.2) is 23.2 Å². The molecule has 1 heterocycles. The van der Waals surface area contributed by atoms with Crippen LogP contribution in [0.4, 0.5) is 10.2 Å². The van der Waals surface area contributed by atoms with Gasteiger partial charge in [-0.25, -0.2) is 4.39 Å². The summed E-state index contributed by atoms with van der Waals surface area (Å²) in [5.41, 5.74) is 1.42. The first-order valence-electron chi connectivity index (χ1n) is 5.73. The molecule has 1 aromatic heterocycles. The SMILES string of the molecule is COc1ccc(CC(=O)Nc2cc(C)[nH]n2)cc1F. The van der Waals surface area contributed by atoms with Crippen LogP contribution in [0.15, 0.2) is 24.3 Å². The third-order valence-electron chi connectivity index (χ3n) is 2.55. The van der Waals surface area contributed by atoms with Gasteiger partial charge in [-0.05, 0) is 24.6 Å². The van der Waals surface area contributed by atoms with Crippen molar-refractivity contribution < 1.29 is 13.9 Å². The fraction of sp³-hybridized carbons (Fsp3) is 0.231. The van der Waals surface area contributed by atoms with E-state index in [0.29, 0.717) is 11.4 Å². The van der Waals surface area contributed by atoms with Crippen LogP contribution in [0.2, 0.25) is 0 Å². The number of nitrogens with one attached hydrogen (secondary N) is 2. The summed E-state index contributed by atoms with van der Waals surface area (Å²) >= 11 is 0. The summed E-state index contributed by atoms with van der Waals surface area (Å²) in [4.78, 5) is 11.7. The van der Waals surface area contributed by atoms with Crippen molar-refractivity contribution >= 4 is 11.7 Å². The van der Waals surface area contributed by atoms with Gasteiger partial charge in [-0.3, -0.25) is 9.89 Å². The Balaban J connectivity index is 2.00. The average Bonchev–Trinajstić information content (AvgIpc) is 2.74. The summed E-state index contributed by atoms with van der Waals surface area (Å²) in [6.07, 6.45) is 0.0762. The second-order valence-electron chi connectivity index (χ2n) is 4.13. The number of carbonyl (C=O) groups is 1. The minimum absolute atomic E-state index is 0.0762. The van der Waals surface area contributed by atoms with Crippen molar-refractivity contribution in [1.29, 1.82) is 0 Å². The number of carbonyl (C=O) groups excluding carboxylic acids is 1. The third-order valence-corrected chi connectivity index (χ3v) is 2.55. The van der Waals surface area contributed by atoms with Gasteiger partial charge >= 0.3 is 0 Å². The number of aromatic amines is 1. The molecule has 6 heteroatoms. The molecule has 19 heavy (non-hydrogen) atoms. The number of hydrogen-bond acceptors (Lipinski definition) is 3. The normalized spacial score (nSPS) is 10.3. The van der Waals surface area contributed by atoms with Crippen LogP contribution < -0.4 is 10.1 Å². The van der Waals surface area contributed by atoms with Crippen LogP contribution >= 0.6 is 0 Å². The van der Waals surface area contributed by atoms with Crippen LogP contribution in [0.1, 0.15) is 11.3 Å². The van der Waals surface area contributed by atoms with Crippen molar-refractivity contribution in [3.63, 3.8) is 0 Å². The van der Waals surface area contributed by atoms with E-state index in [4.69, 9.17) is 4.74 Å². The molecule has 2 aromatic rings. The summed E-state index contributed by atoms with van der Waals surface area (Å²) in [5, 5.41) is 9.24. The summed E-state index contributed by atoms with van der Waals surface area (Å²) in [6, 6.07) is 6.15. The van der Waals surface area contributed by atoms with Crippen molar-refractivity contribution in [2.24, 2.45) is 0 Å². The van der Waals surface area contributed by atoms with E-state index < -0.39 is 5.82 Å². The predicted octanol–water partition coefficient (Wildman–Crippen LogP) is 2.05.